The van der Waals surface area contributed by atoms with Gasteiger partial charge in [0.2, 0.25) is 5.91 Å². The summed E-state index contributed by atoms with van der Waals surface area (Å²) < 4.78 is 1.77. The van der Waals surface area contributed by atoms with Crippen LogP contribution >= 0.6 is 0 Å². The molecule has 0 spiro atoms. The monoisotopic (exact) mass is 387 g/mol. The first kappa shape index (κ1) is 19.3. The predicted molar refractivity (Wildman–Crippen MR) is 108 cm³/mol. The highest BCUT2D eigenvalue weighted by Gasteiger charge is 2.58. The largest absolute Gasteiger partial charge is 0.369 e. The van der Waals surface area contributed by atoms with Crippen LogP contribution in [0.25, 0.3) is 0 Å². The smallest absolute Gasteiger partial charge is 0.272 e. The van der Waals surface area contributed by atoms with Crippen molar-refractivity contribution in [1.82, 2.24) is 15.1 Å². The van der Waals surface area contributed by atoms with Crippen molar-refractivity contribution in [3.8, 4) is 0 Å². The molecule has 0 saturated heterocycles. The molecule has 7 heteroatoms. The molecule has 1 heterocycles. The molecule has 1 aromatic rings. The third kappa shape index (κ3) is 3.18. The van der Waals surface area contributed by atoms with Gasteiger partial charge in [0.15, 0.2) is 5.69 Å². The van der Waals surface area contributed by atoms with Crippen molar-refractivity contribution in [1.29, 1.82) is 0 Å². The Kier molecular flexibility index (Phi) is 4.67. The maximum Gasteiger partial charge on any atom is 0.272 e. The highest BCUT2D eigenvalue weighted by atomic mass is 16.2. The number of anilines is 1. The van der Waals surface area contributed by atoms with E-state index < -0.39 is 0 Å². The van der Waals surface area contributed by atoms with Gasteiger partial charge in [-0.3, -0.25) is 14.3 Å². The second-order valence-electron chi connectivity index (χ2n) is 9.90. The van der Waals surface area contributed by atoms with Crippen LogP contribution in [0, 0.1) is 29.1 Å². The van der Waals surface area contributed by atoms with Crippen molar-refractivity contribution >= 4 is 17.6 Å². The molecule has 4 saturated carbocycles. The average Bonchev–Trinajstić information content (AvgIpc) is 2.98. The Labute approximate surface area is 167 Å². The normalized spacial score (nSPS) is 33.3. The quantitative estimate of drug-likeness (QED) is 0.780. The van der Waals surface area contributed by atoms with E-state index >= 15 is 0 Å². The maximum atomic E-state index is 13.0. The Morgan fingerprint density at radius 3 is 2.54 bits per heavy atom. The molecule has 4 fully saturated rings. The molecule has 154 valence electrons. The molecule has 2 amide bonds. The molecular weight excluding hydrogens is 354 g/mol. The Morgan fingerprint density at radius 1 is 1.32 bits per heavy atom. The summed E-state index contributed by atoms with van der Waals surface area (Å²) in [6, 6.07) is 2.01. The van der Waals surface area contributed by atoms with Crippen LogP contribution in [-0.2, 0) is 11.8 Å². The SMILES string of the molecule is CC(C)CN(C)c1cc(C(=O)N[C@H]2C3CC4CC2C[C@](C(N)=O)(C4)C3)nn1C. The average molecular weight is 388 g/mol. The number of rotatable bonds is 6. The molecule has 4 aliphatic carbocycles. The van der Waals surface area contributed by atoms with Gasteiger partial charge < -0.3 is 16.0 Å². The predicted octanol–water partition coefficient (Wildman–Crippen LogP) is 1.92. The second-order valence-corrected chi connectivity index (χ2v) is 9.90. The van der Waals surface area contributed by atoms with Crippen LogP contribution in [0.5, 0.6) is 0 Å². The zero-order valence-electron chi connectivity index (χ0n) is 17.4. The molecule has 0 radical (unpaired) electrons. The lowest BCUT2D eigenvalue weighted by Crippen LogP contribution is -2.62. The zero-order chi connectivity index (χ0) is 20.2. The molecule has 4 aliphatic rings. The molecule has 2 atom stereocenters. The number of aryl methyl sites for hydroxylation is 1. The molecule has 1 aromatic heterocycles. The summed E-state index contributed by atoms with van der Waals surface area (Å²) in [4.78, 5) is 27.2. The molecule has 5 rings (SSSR count). The first-order valence-electron chi connectivity index (χ1n) is 10.5. The van der Waals surface area contributed by atoms with Crippen molar-refractivity contribution < 1.29 is 9.59 Å². The van der Waals surface area contributed by atoms with Gasteiger partial charge in [0.05, 0.1) is 0 Å². The summed E-state index contributed by atoms with van der Waals surface area (Å²) in [6.07, 6.45) is 4.79. The van der Waals surface area contributed by atoms with Gasteiger partial charge in [0.25, 0.3) is 5.91 Å². The molecule has 0 aromatic carbocycles. The van der Waals surface area contributed by atoms with Gasteiger partial charge in [0, 0.05) is 38.2 Å². The van der Waals surface area contributed by atoms with Gasteiger partial charge in [-0.1, -0.05) is 13.8 Å². The molecule has 7 nitrogen and oxygen atoms in total. The fourth-order valence-electron chi connectivity index (χ4n) is 6.35. The van der Waals surface area contributed by atoms with E-state index in [9.17, 15) is 9.59 Å². The van der Waals surface area contributed by atoms with E-state index in [0.717, 1.165) is 44.5 Å². The summed E-state index contributed by atoms with van der Waals surface area (Å²) >= 11 is 0. The summed E-state index contributed by atoms with van der Waals surface area (Å²) in [5.41, 5.74) is 5.91. The Bertz CT molecular complexity index is 770. The number of carbonyl (C=O) groups is 2. The molecule has 2 unspecified atom stereocenters. The van der Waals surface area contributed by atoms with Gasteiger partial charge >= 0.3 is 0 Å². The van der Waals surface area contributed by atoms with E-state index in [0.29, 0.717) is 29.4 Å². The minimum absolute atomic E-state index is 0.106. The lowest BCUT2D eigenvalue weighted by Gasteiger charge is -2.58. The summed E-state index contributed by atoms with van der Waals surface area (Å²) in [6.45, 7) is 5.25. The van der Waals surface area contributed by atoms with Crippen LogP contribution < -0.4 is 16.0 Å². The van der Waals surface area contributed by atoms with Crippen LogP contribution in [-0.4, -0.2) is 41.2 Å². The fourth-order valence-corrected chi connectivity index (χ4v) is 6.35. The van der Waals surface area contributed by atoms with Gasteiger partial charge in [-0.2, -0.15) is 5.10 Å². The summed E-state index contributed by atoms with van der Waals surface area (Å²) in [5, 5.41) is 7.72. The molecule has 4 bridgehead atoms. The standard InChI is InChI=1S/C21H33N5O2/c1-12(2)11-25(3)17-7-16(24-26(17)4)19(27)23-18-14-5-13-6-15(18)10-21(8-13,9-14)20(22)28/h7,12-15,18H,5-6,8-11H2,1-4H3,(H2,22,28)(H,23,27)/t13?,14?,15?,18-,21-. The number of carbonyl (C=O) groups excluding carboxylic acids is 2. The van der Waals surface area contributed by atoms with Gasteiger partial charge in [-0.25, -0.2) is 0 Å². The fraction of sp³-hybridized carbons (Fsp3) is 0.762. The van der Waals surface area contributed by atoms with E-state index in [1.165, 1.54) is 0 Å². The first-order chi connectivity index (χ1) is 13.2. The minimum atomic E-state index is -0.324. The van der Waals surface area contributed by atoms with Gasteiger partial charge in [-0.15, -0.1) is 0 Å². The van der Waals surface area contributed by atoms with Crippen molar-refractivity contribution in [3.05, 3.63) is 11.8 Å². The van der Waals surface area contributed by atoms with Crippen LogP contribution in [0.15, 0.2) is 6.07 Å². The molecular formula is C21H33N5O2. The first-order valence-corrected chi connectivity index (χ1v) is 10.5. The van der Waals surface area contributed by atoms with Crippen LogP contribution in [0.3, 0.4) is 0 Å². The van der Waals surface area contributed by atoms with Crippen molar-refractivity contribution in [2.24, 2.45) is 41.9 Å². The number of primary amides is 1. The van der Waals surface area contributed by atoms with Crippen molar-refractivity contribution in [2.75, 3.05) is 18.5 Å². The number of nitrogens with two attached hydrogens (primary N) is 1. The number of hydrogen-bond donors (Lipinski definition) is 2. The lowest BCUT2D eigenvalue weighted by molar-refractivity contribution is -0.145. The zero-order valence-corrected chi connectivity index (χ0v) is 17.4. The molecule has 28 heavy (non-hydrogen) atoms. The molecule has 0 aliphatic heterocycles. The van der Waals surface area contributed by atoms with Gasteiger partial charge in [0.1, 0.15) is 5.82 Å². The molecule has 3 N–H and O–H groups in total. The minimum Gasteiger partial charge on any atom is -0.369 e. The van der Waals surface area contributed by atoms with E-state index in [-0.39, 0.29) is 23.3 Å². The number of aromatic nitrogens is 2. The number of amides is 2. The number of hydrogen-bond acceptors (Lipinski definition) is 4. The Balaban J connectivity index is 1.47. The van der Waals surface area contributed by atoms with Crippen molar-refractivity contribution in [2.45, 2.75) is 52.0 Å². The number of nitrogens with one attached hydrogen (secondary N) is 1. The van der Waals surface area contributed by atoms with Crippen LogP contribution in [0.1, 0.15) is 56.4 Å². The summed E-state index contributed by atoms with van der Waals surface area (Å²) in [7, 11) is 3.90. The highest BCUT2D eigenvalue weighted by molar-refractivity contribution is 5.93. The van der Waals surface area contributed by atoms with E-state index in [4.69, 9.17) is 5.73 Å². The maximum absolute atomic E-state index is 13.0. The van der Waals surface area contributed by atoms with Crippen LogP contribution in [0.4, 0.5) is 5.82 Å². The van der Waals surface area contributed by atoms with Crippen molar-refractivity contribution in [3.63, 3.8) is 0 Å². The van der Waals surface area contributed by atoms with E-state index in [1.807, 2.05) is 20.2 Å². The van der Waals surface area contributed by atoms with E-state index in [2.05, 4.69) is 29.2 Å². The Hall–Kier alpha value is -2.05. The topological polar surface area (TPSA) is 93.2 Å². The third-order valence-electron chi connectivity index (χ3n) is 7.21. The number of nitrogens with zero attached hydrogens (tertiary/aromatic N) is 3. The van der Waals surface area contributed by atoms with Crippen LogP contribution in [0.2, 0.25) is 0 Å². The second kappa shape index (κ2) is 6.78. The van der Waals surface area contributed by atoms with E-state index in [1.54, 1.807) is 4.68 Å². The Morgan fingerprint density at radius 2 is 1.96 bits per heavy atom. The third-order valence-corrected chi connectivity index (χ3v) is 7.21. The van der Waals surface area contributed by atoms with Gasteiger partial charge in [-0.05, 0) is 55.8 Å². The highest BCUT2D eigenvalue weighted by Crippen LogP contribution is 2.59. The summed E-state index contributed by atoms with van der Waals surface area (Å²) in [5.74, 6) is 2.53. The lowest BCUT2D eigenvalue weighted by atomic mass is 9.47.